The maximum atomic E-state index is 11.1. The first-order chi connectivity index (χ1) is 5.72. The fraction of sp³-hybridized carbons (Fsp3) is 0.889. The van der Waals surface area contributed by atoms with Crippen molar-refractivity contribution in [3.8, 4) is 0 Å². The highest BCUT2D eigenvalue weighted by molar-refractivity contribution is 5.76. The lowest BCUT2D eigenvalue weighted by atomic mass is 9.78. The minimum atomic E-state index is 0.179. The van der Waals surface area contributed by atoms with Gasteiger partial charge in [-0.3, -0.25) is 4.79 Å². The van der Waals surface area contributed by atoms with Crippen LogP contribution in [0.1, 0.15) is 32.6 Å². The zero-order chi connectivity index (χ0) is 9.03. The highest BCUT2D eigenvalue weighted by Gasteiger charge is 2.29. The normalized spacial score (nSPS) is 31.0. The molecule has 1 rings (SSSR count). The molecule has 0 aliphatic carbocycles. The van der Waals surface area contributed by atoms with Crippen molar-refractivity contribution < 1.29 is 4.79 Å². The van der Waals surface area contributed by atoms with Gasteiger partial charge in [0.1, 0.15) is 0 Å². The van der Waals surface area contributed by atoms with Gasteiger partial charge in [0, 0.05) is 13.0 Å². The summed E-state index contributed by atoms with van der Waals surface area (Å²) in [5.41, 5.74) is 5.95. The first-order valence-electron chi connectivity index (χ1n) is 4.69. The van der Waals surface area contributed by atoms with Gasteiger partial charge in [-0.1, -0.05) is 6.92 Å². The topological polar surface area (TPSA) is 55.1 Å². The fourth-order valence-electron chi connectivity index (χ4n) is 1.76. The molecule has 1 aliphatic heterocycles. The van der Waals surface area contributed by atoms with Gasteiger partial charge in [0.2, 0.25) is 5.91 Å². The summed E-state index contributed by atoms with van der Waals surface area (Å²) >= 11 is 0. The molecule has 0 aromatic heterocycles. The Balaban J connectivity index is 2.58. The molecule has 1 aliphatic rings. The summed E-state index contributed by atoms with van der Waals surface area (Å²) < 4.78 is 0. The van der Waals surface area contributed by atoms with Crippen molar-refractivity contribution in [1.82, 2.24) is 5.32 Å². The Morgan fingerprint density at radius 2 is 2.33 bits per heavy atom. The molecule has 12 heavy (non-hydrogen) atoms. The summed E-state index contributed by atoms with van der Waals surface area (Å²) in [7, 11) is 0. The van der Waals surface area contributed by atoms with E-state index in [0.717, 1.165) is 25.8 Å². The molecule has 1 atom stereocenters. The van der Waals surface area contributed by atoms with Gasteiger partial charge in [0.25, 0.3) is 0 Å². The molecule has 0 bridgehead atoms. The van der Waals surface area contributed by atoms with Crippen LogP contribution in [0.4, 0.5) is 0 Å². The van der Waals surface area contributed by atoms with E-state index in [1.165, 1.54) is 0 Å². The average Bonchev–Trinajstić information content (AvgIpc) is 2.28. The van der Waals surface area contributed by atoms with Crippen LogP contribution in [-0.4, -0.2) is 19.0 Å². The first kappa shape index (κ1) is 9.52. The molecule has 1 amide bonds. The molecule has 3 nitrogen and oxygen atoms in total. The van der Waals surface area contributed by atoms with Crippen molar-refractivity contribution in [3.05, 3.63) is 0 Å². The molecular weight excluding hydrogens is 152 g/mol. The van der Waals surface area contributed by atoms with E-state index in [-0.39, 0.29) is 11.3 Å². The van der Waals surface area contributed by atoms with Gasteiger partial charge in [0.05, 0.1) is 0 Å². The summed E-state index contributed by atoms with van der Waals surface area (Å²) in [6.45, 7) is 3.66. The summed E-state index contributed by atoms with van der Waals surface area (Å²) in [5, 5.41) is 2.87. The summed E-state index contributed by atoms with van der Waals surface area (Å²) in [4.78, 5) is 11.1. The van der Waals surface area contributed by atoms with Gasteiger partial charge in [-0.25, -0.2) is 0 Å². The molecule has 0 saturated carbocycles. The molecular formula is C9H18N2O. The highest BCUT2D eigenvalue weighted by Crippen LogP contribution is 2.31. The highest BCUT2D eigenvalue weighted by atomic mass is 16.1. The van der Waals surface area contributed by atoms with E-state index in [1.54, 1.807) is 0 Å². The number of carbonyl (C=O) groups excluding carboxylic acids is 1. The van der Waals surface area contributed by atoms with Crippen molar-refractivity contribution in [2.75, 3.05) is 13.1 Å². The molecule has 1 fully saturated rings. The SMILES string of the molecule is CCC1(CN)CCNC(=O)CC1. The molecule has 0 aromatic carbocycles. The van der Waals surface area contributed by atoms with Crippen LogP contribution < -0.4 is 11.1 Å². The van der Waals surface area contributed by atoms with Crippen molar-refractivity contribution in [1.29, 1.82) is 0 Å². The molecule has 0 radical (unpaired) electrons. The molecule has 0 spiro atoms. The first-order valence-corrected chi connectivity index (χ1v) is 4.69. The summed E-state index contributed by atoms with van der Waals surface area (Å²) in [6.07, 6.45) is 3.71. The predicted molar refractivity (Wildman–Crippen MR) is 48.6 cm³/mol. The Morgan fingerprint density at radius 1 is 1.58 bits per heavy atom. The molecule has 1 saturated heterocycles. The van der Waals surface area contributed by atoms with Crippen LogP contribution in [0, 0.1) is 5.41 Å². The van der Waals surface area contributed by atoms with Gasteiger partial charge < -0.3 is 11.1 Å². The van der Waals surface area contributed by atoms with Crippen molar-refractivity contribution in [2.45, 2.75) is 32.6 Å². The Hall–Kier alpha value is -0.570. The van der Waals surface area contributed by atoms with E-state index in [2.05, 4.69) is 12.2 Å². The molecule has 70 valence electrons. The number of amides is 1. The van der Waals surface area contributed by atoms with Gasteiger partial charge in [0.15, 0.2) is 0 Å². The fourth-order valence-corrected chi connectivity index (χ4v) is 1.76. The van der Waals surface area contributed by atoms with Gasteiger partial charge >= 0.3 is 0 Å². The van der Waals surface area contributed by atoms with E-state index < -0.39 is 0 Å². The average molecular weight is 170 g/mol. The van der Waals surface area contributed by atoms with Crippen LogP contribution in [0.5, 0.6) is 0 Å². The molecule has 3 heteroatoms. The minimum absolute atomic E-state index is 0.179. The van der Waals surface area contributed by atoms with Crippen LogP contribution in [0.3, 0.4) is 0 Å². The van der Waals surface area contributed by atoms with Gasteiger partial charge in [-0.15, -0.1) is 0 Å². The second-order valence-corrected chi connectivity index (χ2v) is 3.66. The molecule has 1 unspecified atom stereocenters. The van der Waals surface area contributed by atoms with Crippen LogP contribution in [-0.2, 0) is 4.79 Å². The smallest absolute Gasteiger partial charge is 0.220 e. The zero-order valence-corrected chi connectivity index (χ0v) is 7.73. The Kier molecular flexibility index (Phi) is 3.09. The maximum Gasteiger partial charge on any atom is 0.220 e. The Morgan fingerprint density at radius 3 is 2.92 bits per heavy atom. The largest absolute Gasteiger partial charge is 0.356 e. The molecule has 3 N–H and O–H groups in total. The van der Waals surface area contributed by atoms with Gasteiger partial charge in [-0.05, 0) is 31.2 Å². The van der Waals surface area contributed by atoms with Crippen molar-refractivity contribution in [3.63, 3.8) is 0 Å². The van der Waals surface area contributed by atoms with E-state index in [1.807, 2.05) is 0 Å². The third kappa shape index (κ3) is 1.97. The number of hydrogen-bond donors (Lipinski definition) is 2. The number of nitrogens with one attached hydrogen (secondary N) is 1. The lowest BCUT2D eigenvalue weighted by Gasteiger charge is -2.28. The van der Waals surface area contributed by atoms with Crippen molar-refractivity contribution >= 4 is 5.91 Å². The number of hydrogen-bond acceptors (Lipinski definition) is 2. The standard InChI is InChI=1S/C9H18N2O/c1-2-9(7-10)4-3-8(12)11-6-5-9/h2-7,10H2,1H3,(H,11,12). The Bertz CT molecular complexity index is 164. The Labute approximate surface area is 73.7 Å². The molecule has 0 aromatic rings. The quantitative estimate of drug-likeness (QED) is 0.639. The van der Waals surface area contributed by atoms with Crippen LogP contribution in [0.15, 0.2) is 0 Å². The second-order valence-electron chi connectivity index (χ2n) is 3.66. The van der Waals surface area contributed by atoms with E-state index >= 15 is 0 Å². The third-order valence-electron chi connectivity index (χ3n) is 3.04. The van der Waals surface area contributed by atoms with E-state index in [9.17, 15) is 4.79 Å². The van der Waals surface area contributed by atoms with Crippen LogP contribution in [0.2, 0.25) is 0 Å². The minimum Gasteiger partial charge on any atom is -0.356 e. The second kappa shape index (κ2) is 3.90. The zero-order valence-electron chi connectivity index (χ0n) is 7.73. The van der Waals surface area contributed by atoms with Gasteiger partial charge in [-0.2, -0.15) is 0 Å². The summed E-state index contributed by atoms with van der Waals surface area (Å²) in [5.74, 6) is 0.179. The predicted octanol–water partition coefficient (Wildman–Crippen LogP) is 0.642. The van der Waals surface area contributed by atoms with Crippen LogP contribution in [0.25, 0.3) is 0 Å². The lowest BCUT2D eigenvalue weighted by molar-refractivity contribution is -0.120. The molecule has 1 heterocycles. The number of rotatable bonds is 2. The maximum absolute atomic E-state index is 11.1. The summed E-state index contributed by atoms with van der Waals surface area (Å²) in [6, 6.07) is 0. The van der Waals surface area contributed by atoms with E-state index in [4.69, 9.17) is 5.73 Å². The third-order valence-corrected chi connectivity index (χ3v) is 3.04. The number of carbonyl (C=O) groups is 1. The van der Waals surface area contributed by atoms with Crippen LogP contribution >= 0.6 is 0 Å². The van der Waals surface area contributed by atoms with Crippen molar-refractivity contribution in [2.24, 2.45) is 11.1 Å². The number of nitrogens with two attached hydrogens (primary N) is 1. The van der Waals surface area contributed by atoms with E-state index in [0.29, 0.717) is 13.0 Å². The monoisotopic (exact) mass is 170 g/mol. The lowest BCUT2D eigenvalue weighted by Crippen LogP contribution is -2.30.